The second-order valence-corrected chi connectivity index (χ2v) is 6.71. The molecule has 1 heterocycles. The molecule has 0 aromatic heterocycles. The quantitative estimate of drug-likeness (QED) is 0.351. The monoisotopic (exact) mass is 496 g/mol. The number of likely N-dealkylation sites (N-methyl/N-ethyl adjacent to an activating group) is 1. The number of nitrogens with zero attached hydrogens (tertiary/aromatic N) is 2. The van der Waals surface area contributed by atoms with Crippen LogP contribution in [0.3, 0.4) is 0 Å². The van der Waals surface area contributed by atoms with Crippen LogP contribution in [0.25, 0.3) is 0 Å². The van der Waals surface area contributed by atoms with Crippen LogP contribution >= 0.6 is 24.0 Å². The zero-order valence-electron chi connectivity index (χ0n) is 16.6. The maximum atomic E-state index is 5.43. The van der Waals surface area contributed by atoms with Gasteiger partial charge in [-0.15, -0.1) is 24.0 Å². The van der Waals surface area contributed by atoms with Crippen LogP contribution in [0, 0.1) is 0 Å². The second kappa shape index (κ2) is 11.1. The first-order chi connectivity index (χ1) is 13.2. The molecule has 0 saturated heterocycles. The molecule has 0 radical (unpaired) electrons. The number of rotatable bonds is 7. The van der Waals surface area contributed by atoms with Crippen molar-refractivity contribution in [2.24, 2.45) is 4.99 Å². The molecule has 0 amide bonds. The number of guanidine groups is 1. The van der Waals surface area contributed by atoms with E-state index in [1.807, 2.05) is 18.2 Å². The molecule has 1 unspecified atom stereocenters. The molecule has 2 aromatic rings. The van der Waals surface area contributed by atoms with Gasteiger partial charge in [0.2, 0.25) is 6.79 Å². The summed E-state index contributed by atoms with van der Waals surface area (Å²) in [7, 11) is 5.98. The molecule has 1 aliphatic heterocycles. The summed E-state index contributed by atoms with van der Waals surface area (Å²) in [5, 5.41) is 6.81. The van der Waals surface area contributed by atoms with Crippen molar-refractivity contribution in [3.8, 4) is 11.5 Å². The number of aliphatic imine (C=N–C) groups is 1. The third kappa shape index (κ3) is 6.00. The van der Waals surface area contributed by atoms with Gasteiger partial charge in [-0.1, -0.05) is 36.4 Å². The molecule has 3 rings (SSSR count). The lowest BCUT2D eigenvalue weighted by Gasteiger charge is -2.26. The molecule has 6 nitrogen and oxygen atoms in total. The van der Waals surface area contributed by atoms with Crippen molar-refractivity contribution in [1.82, 2.24) is 15.5 Å². The van der Waals surface area contributed by atoms with Crippen LogP contribution in [-0.4, -0.2) is 51.9 Å². The van der Waals surface area contributed by atoms with Gasteiger partial charge in [-0.2, -0.15) is 0 Å². The Labute approximate surface area is 184 Å². The minimum absolute atomic E-state index is 0. The van der Waals surface area contributed by atoms with E-state index in [2.05, 4.69) is 65.0 Å². The van der Waals surface area contributed by atoms with E-state index in [1.54, 1.807) is 7.05 Å². The Kier molecular flexibility index (Phi) is 8.85. The first-order valence-corrected chi connectivity index (χ1v) is 9.22. The molecule has 1 atom stereocenters. The molecule has 0 bridgehead atoms. The van der Waals surface area contributed by atoms with Crippen LogP contribution in [0.1, 0.15) is 17.2 Å². The van der Waals surface area contributed by atoms with Gasteiger partial charge in [0, 0.05) is 20.1 Å². The zero-order chi connectivity index (χ0) is 19.1. The lowest BCUT2D eigenvalue weighted by Crippen LogP contribution is -2.42. The van der Waals surface area contributed by atoms with Crippen LogP contribution in [-0.2, 0) is 6.42 Å². The van der Waals surface area contributed by atoms with Crippen molar-refractivity contribution in [2.45, 2.75) is 12.5 Å². The number of hydrogen-bond donors (Lipinski definition) is 2. The highest BCUT2D eigenvalue weighted by atomic mass is 127. The van der Waals surface area contributed by atoms with Crippen molar-refractivity contribution in [2.75, 3.05) is 41.0 Å². The SMILES string of the molecule is CN=C(NCCc1ccc2c(c1)OCO2)NCC(c1ccccc1)N(C)C.I. The highest BCUT2D eigenvalue weighted by Gasteiger charge is 2.15. The third-order valence-electron chi connectivity index (χ3n) is 4.64. The zero-order valence-corrected chi connectivity index (χ0v) is 19.0. The molecule has 1 aliphatic rings. The van der Waals surface area contributed by atoms with E-state index in [4.69, 9.17) is 9.47 Å². The summed E-state index contributed by atoms with van der Waals surface area (Å²) in [6, 6.07) is 16.9. The minimum Gasteiger partial charge on any atom is -0.454 e. The average Bonchev–Trinajstić information content (AvgIpc) is 3.15. The van der Waals surface area contributed by atoms with Gasteiger partial charge >= 0.3 is 0 Å². The Morgan fingerprint density at radius 1 is 1.07 bits per heavy atom. The summed E-state index contributed by atoms with van der Waals surface area (Å²) in [5.41, 5.74) is 2.49. The van der Waals surface area contributed by atoms with Crippen molar-refractivity contribution < 1.29 is 9.47 Å². The van der Waals surface area contributed by atoms with Crippen LogP contribution in [0.4, 0.5) is 0 Å². The summed E-state index contributed by atoms with van der Waals surface area (Å²) in [5.74, 6) is 2.45. The van der Waals surface area contributed by atoms with Crippen LogP contribution in [0.2, 0.25) is 0 Å². The topological polar surface area (TPSA) is 58.1 Å². The normalized spacial score (nSPS) is 13.8. The maximum absolute atomic E-state index is 5.43. The molecule has 28 heavy (non-hydrogen) atoms. The lowest BCUT2D eigenvalue weighted by atomic mass is 10.1. The summed E-state index contributed by atoms with van der Waals surface area (Å²) >= 11 is 0. The fourth-order valence-corrected chi connectivity index (χ4v) is 3.11. The summed E-state index contributed by atoms with van der Waals surface area (Å²) in [4.78, 5) is 6.54. The van der Waals surface area contributed by atoms with Crippen molar-refractivity contribution >= 4 is 29.9 Å². The molecule has 0 aliphatic carbocycles. The summed E-state index contributed by atoms with van der Waals surface area (Å²) in [6.45, 7) is 1.88. The molecule has 0 fully saturated rings. The Morgan fingerprint density at radius 2 is 1.82 bits per heavy atom. The highest BCUT2D eigenvalue weighted by molar-refractivity contribution is 14.0. The number of benzene rings is 2. The number of hydrogen-bond acceptors (Lipinski definition) is 4. The van der Waals surface area contributed by atoms with Crippen LogP contribution in [0.5, 0.6) is 11.5 Å². The van der Waals surface area contributed by atoms with Gasteiger partial charge in [0.15, 0.2) is 17.5 Å². The lowest BCUT2D eigenvalue weighted by molar-refractivity contribution is 0.174. The minimum atomic E-state index is 0. The molecular formula is C21H29IN4O2. The van der Waals surface area contributed by atoms with E-state index >= 15 is 0 Å². The summed E-state index contributed by atoms with van der Waals surface area (Å²) < 4.78 is 10.8. The second-order valence-electron chi connectivity index (χ2n) is 6.71. The van der Waals surface area contributed by atoms with Crippen LogP contribution in [0.15, 0.2) is 53.5 Å². The van der Waals surface area contributed by atoms with Gasteiger partial charge in [-0.3, -0.25) is 4.99 Å². The maximum Gasteiger partial charge on any atom is 0.231 e. The molecule has 7 heteroatoms. The first kappa shape index (κ1) is 22.3. The van der Waals surface area contributed by atoms with Crippen molar-refractivity contribution in [3.63, 3.8) is 0 Å². The van der Waals surface area contributed by atoms with E-state index in [0.717, 1.165) is 37.0 Å². The molecule has 2 aromatic carbocycles. The van der Waals surface area contributed by atoms with Crippen molar-refractivity contribution in [3.05, 3.63) is 59.7 Å². The fourth-order valence-electron chi connectivity index (χ4n) is 3.11. The Balaban J connectivity index is 0.00000280. The summed E-state index contributed by atoms with van der Waals surface area (Å²) in [6.07, 6.45) is 0.882. The molecule has 0 spiro atoms. The van der Waals surface area contributed by atoms with E-state index in [0.29, 0.717) is 6.79 Å². The smallest absolute Gasteiger partial charge is 0.231 e. The van der Waals surface area contributed by atoms with E-state index in [-0.39, 0.29) is 30.0 Å². The Hall–Kier alpha value is -2.00. The van der Waals surface area contributed by atoms with Crippen LogP contribution < -0.4 is 20.1 Å². The third-order valence-corrected chi connectivity index (χ3v) is 4.64. The van der Waals surface area contributed by atoms with E-state index in [9.17, 15) is 0 Å². The predicted molar refractivity (Wildman–Crippen MR) is 124 cm³/mol. The largest absolute Gasteiger partial charge is 0.454 e. The predicted octanol–water partition coefficient (Wildman–Crippen LogP) is 3.04. The Morgan fingerprint density at radius 3 is 2.54 bits per heavy atom. The highest BCUT2D eigenvalue weighted by Crippen LogP contribution is 2.32. The number of nitrogens with one attached hydrogen (secondary N) is 2. The number of ether oxygens (including phenoxy) is 2. The van der Waals surface area contributed by atoms with Gasteiger partial charge in [-0.05, 0) is 43.8 Å². The molecular weight excluding hydrogens is 467 g/mol. The number of halogens is 1. The first-order valence-electron chi connectivity index (χ1n) is 9.22. The van der Waals surface area contributed by atoms with Gasteiger partial charge in [-0.25, -0.2) is 0 Å². The molecule has 2 N–H and O–H groups in total. The van der Waals surface area contributed by atoms with Gasteiger partial charge in [0.05, 0.1) is 6.04 Å². The van der Waals surface area contributed by atoms with E-state index < -0.39 is 0 Å². The average molecular weight is 496 g/mol. The Bertz CT molecular complexity index is 768. The fraction of sp³-hybridized carbons (Fsp3) is 0.381. The molecule has 152 valence electrons. The van der Waals surface area contributed by atoms with Gasteiger partial charge in [0.25, 0.3) is 0 Å². The van der Waals surface area contributed by atoms with Gasteiger partial charge < -0.3 is 25.0 Å². The standard InChI is InChI=1S/C21H28N4O2.HI/c1-22-21(24-14-18(25(2)3)17-7-5-4-6-8-17)23-12-11-16-9-10-19-20(13-16)27-15-26-19;/h4-10,13,18H,11-12,14-15H2,1-3H3,(H2,22,23,24);1H. The number of fused-ring (bicyclic) bond motifs is 1. The van der Waals surface area contributed by atoms with Crippen molar-refractivity contribution in [1.29, 1.82) is 0 Å². The molecule has 0 saturated carbocycles. The van der Waals surface area contributed by atoms with Gasteiger partial charge in [0.1, 0.15) is 0 Å². The van der Waals surface area contributed by atoms with E-state index in [1.165, 1.54) is 11.1 Å².